The summed E-state index contributed by atoms with van der Waals surface area (Å²) in [6.45, 7) is 8.27. The second-order valence-corrected chi connectivity index (χ2v) is 6.74. The van der Waals surface area contributed by atoms with Crippen LogP contribution in [0.5, 0.6) is 0 Å². The fourth-order valence-corrected chi connectivity index (χ4v) is 3.14. The lowest BCUT2D eigenvalue weighted by Crippen LogP contribution is -2.38. The zero-order valence-electron chi connectivity index (χ0n) is 15.9. The highest BCUT2D eigenvalue weighted by Gasteiger charge is 2.10. The van der Waals surface area contributed by atoms with Crippen molar-refractivity contribution in [3.8, 4) is 0 Å². The van der Waals surface area contributed by atoms with E-state index in [0.717, 1.165) is 36.9 Å². The van der Waals surface area contributed by atoms with Crippen LogP contribution in [0.25, 0.3) is 0 Å². The Kier molecular flexibility index (Phi) is 9.26. The number of aromatic nitrogens is 3. The molecule has 2 heterocycles. The number of rotatable bonds is 6. The molecule has 9 heteroatoms. The molecule has 0 spiro atoms. The number of nitrogens with one attached hydrogen (secondary N) is 2. The first kappa shape index (κ1) is 23.1. The third kappa shape index (κ3) is 5.53. The summed E-state index contributed by atoms with van der Waals surface area (Å²) in [5.41, 5.74) is 4.53. The Bertz CT molecular complexity index is 766. The molecule has 0 aliphatic heterocycles. The summed E-state index contributed by atoms with van der Waals surface area (Å²) in [6.07, 6.45) is 0.901. The van der Waals surface area contributed by atoms with Crippen LogP contribution in [0.3, 0.4) is 0 Å². The SMILES string of the molecule is CCNC(=NCc1cc(Cl)c(Cl)n1C)NCCc1c(C)nn(C)c1C.I. The average Bonchev–Trinajstić information content (AvgIpc) is 2.96. The van der Waals surface area contributed by atoms with Gasteiger partial charge in [-0.15, -0.1) is 24.0 Å². The molecule has 0 aromatic carbocycles. The van der Waals surface area contributed by atoms with E-state index >= 15 is 0 Å². The fourth-order valence-electron chi connectivity index (χ4n) is 2.73. The minimum Gasteiger partial charge on any atom is -0.357 e. The number of aryl methyl sites for hydroxylation is 2. The largest absolute Gasteiger partial charge is 0.357 e. The minimum absolute atomic E-state index is 0. The smallest absolute Gasteiger partial charge is 0.191 e. The number of halogens is 3. The number of guanidine groups is 1. The van der Waals surface area contributed by atoms with Crippen molar-refractivity contribution in [3.63, 3.8) is 0 Å². The molecule has 2 aromatic heterocycles. The van der Waals surface area contributed by atoms with E-state index in [4.69, 9.17) is 23.2 Å². The van der Waals surface area contributed by atoms with Gasteiger partial charge < -0.3 is 15.2 Å². The van der Waals surface area contributed by atoms with Gasteiger partial charge in [-0.2, -0.15) is 5.10 Å². The average molecular weight is 513 g/mol. The molecule has 2 N–H and O–H groups in total. The van der Waals surface area contributed by atoms with E-state index in [2.05, 4.69) is 27.6 Å². The molecule has 2 rings (SSSR count). The zero-order chi connectivity index (χ0) is 18.6. The van der Waals surface area contributed by atoms with E-state index in [0.29, 0.717) is 16.7 Å². The van der Waals surface area contributed by atoms with Crippen molar-refractivity contribution >= 4 is 53.1 Å². The Morgan fingerprint density at radius 3 is 2.42 bits per heavy atom. The van der Waals surface area contributed by atoms with E-state index < -0.39 is 0 Å². The first-order chi connectivity index (χ1) is 11.8. The van der Waals surface area contributed by atoms with Gasteiger partial charge in [0, 0.05) is 38.6 Å². The van der Waals surface area contributed by atoms with Crippen molar-refractivity contribution in [2.75, 3.05) is 13.1 Å². The van der Waals surface area contributed by atoms with E-state index in [9.17, 15) is 0 Å². The first-order valence-corrected chi connectivity index (χ1v) is 9.11. The molecule has 0 unspecified atom stereocenters. The van der Waals surface area contributed by atoms with Crippen LogP contribution in [0.4, 0.5) is 0 Å². The number of hydrogen-bond donors (Lipinski definition) is 2. The van der Waals surface area contributed by atoms with Crippen LogP contribution in [-0.2, 0) is 27.1 Å². The van der Waals surface area contributed by atoms with Crippen LogP contribution >= 0.6 is 47.2 Å². The van der Waals surface area contributed by atoms with Gasteiger partial charge in [0.15, 0.2) is 5.96 Å². The fraction of sp³-hybridized carbons (Fsp3) is 0.529. The van der Waals surface area contributed by atoms with Gasteiger partial charge in [0.1, 0.15) is 5.15 Å². The van der Waals surface area contributed by atoms with Crippen molar-refractivity contribution < 1.29 is 0 Å². The predicted octanol–water partition coefficient (Wildman–Crippen LogP) is 3.60. The molecule has 0 aliphatic carbocycles. The van der Waals surface area contributed by atoms with Crippen LogP contribution in [0, 0.1) is 13.8 Å². The lowest BCUT2D eigenvalue weighted by molar-refractivity contribution is 0.728. The molecule has 0 radical (unpaired) electrons. The molecule has 0 saturated heterocycles. The number of aliphatic imine (C=N–C) groups is 1. The Morgan fingerprint density at radius 2 is 1.92 bits per heavy atom. The lowest BCUT2D eigenvalue weighted by Gasteiger charge is -2.12. The summed E-state index contributed by atoms with van der Waals surface area (Å²) in [4.78, 5) is 4.62. The van der Waals surface area contributed by atoms with Gasteiger partial charge in [-0.25, -0.2) is 4.99 Å². The molecule has 0 amide bonds. The summed E-state index contributed by atoms with van der Waals surface area (Å²) < 4.78 is 3.77. The van der Waals surface area contributed by atoms with Gasteiger partial charge in [0.05, 0.1) is 17.3 Å². The van der Waals surface area contributed by atoms with E-state index in [1.807, 2.05) is 43.3 Å². The first-order valence-electron chi connectivity index (χ1n) is 8.36. The Balaban J connectivity index is 0.00000338. The van der Waals surface area contributed by atoms with Crippen molar-refractivity contribution in [1.82, 2.24) is 25.0 Å². The molecule has 26 heavy (non-hydrogen) atoms. The Labute approximate surface area is 182 Å². The van der Waals surface area contributed by atoms with Crippen molar-refractivity contribution in [1.29, 1.82) is 0 Å². The third-order valence-electron chi connectivity index (χ3n) is 4.29. The molecule has 146 valence electrons. The minimum atomic E-state index is 0. The molecule has 6 nitrogen and oxygen atoms in total. The van der Waals surface area contributed by atoms with E-state index in [-0.39, 0.29) is 24.0 Å². The Morgan fingerprint density at radius 1 is 1.23 bits per heavy atom. The van der Waals surface area contributed by atoms with E-state index in [1.165, 1.54) is 11.3 Å². The van der Waals surface area contributed by atoms with Gasteiger partial charge in [0.25, 0.3) is 0 Å². The molecule has 0 fully saturated rings. The molecule has 0 bridgehead atoms. The van der Waals surface area contributed by atoms with E-state index in [1.54, 1.807) is 0 Å². The second kappa shape index (κ2) is 10.4. The lowest BCUT2D eigenvalue weighted by atomic mass is 10.1. The maximum atomic E-state index is 6.10. The molecule has 0 aliphatic rings. The predicted molar refractivity (Wildman–Crippen MR) is 120 cm³/mol. The van der Waals surface area contributed by atoms with Crippen LogP contribution in [0.15, 0.2) is 11.1 Å². The summed E-state index contributed by atoms with van der Waals surface area (Å²) in [5, 5.41) is 12.2. The van der Waals surface area contributed by atoms with Gasteiger partial charge in [-0.1, -0.05) is 23.2 Å². The topological polar surface area (TPSA) is 59.2 Å². The van der Waals surface area contributed by atoms with Crippen molar-refractivity contribution in [2.24, 2.45) is 19.1 Å². The molecular formula is C17H27Cl2IN6. The number of nitrogens with zero attached hydrogens (tertiary/aromatic N) is 4. The van der Waals surface area contributed by atoms with Crippen molar-refractivity contribution in [3.05, 3.63) is 38.9 Å². The van der Waals surface area contributed by atoms with Crippen LogP contribution in [0.2, 0.25) is 10.2 Å². The monoisotopic (exact) mass is 512 g/mol. The summed E-state index contributed by atoms with van der Waals surface area (Å²) >= 11 is 12.2. The highest BCUT2D eigenvalue weighted by Crippen LogP contribution is 2.25. The molecule has 2 aromatic rings. The van der Waals surface area contributed by atoms with Crippen LogP contribution in [-0.4, -0.2) is 33.4 Å². The highest BCUT2D eigenvalue weighted by molar-refractivity contribution is 14.0. The molecule has 0 atom stereocenters. The molecule has 0 saturated carbocycles. The maximum Gasteiger partial charge on any atom is 0.191 e. The zero-order valence-corrected chi connectivity index (χ0v) is 19.7. The van der Waals surface area contributed by atoms with Gasteiger partial charge in [0.2, 0.25) is 0 Å². The summed E-state index contributed by atoms with van der Waals surface area (Å²) in [5.74, 6) is 0.773. The van der Waals surface area contributed by atoms with Gasteiger partial charge in [-0.3, -0.25) is 4.68 Å². The van der Waals surface area contributed by atoms with Gasteiger partial charge in [-0.05, 0) is 38.8 Å². The summed E-state index contributed by atoms with van der Waals surface area (Å²) in [6, 6.07) is 1.85. The highest BCUT2D eigenvalue weighted by atomic mass is 127. The van der Waals surface area contributed by atoms with Crippen LogP contribution in [0.1, 0.15) is 29.6 Å². The summed E-state index contributed by atoms with van der Waals surface area (Å²) in [7, 11) is 3.86. The van der Waals surface area contributed by atoms with Gasteiger partial charge >= 0.3 is 0 Å². The standard InChI is InChI=1S/C17H26Cl2N6.HI/c1-6-20-17(22-10-13-9-15(18)16(19)24(13)4)21-8-7-14-11(2)23-25(5)12(14)3;/h9H,6-8,10H2,1-5H3,(H2,20,21,22);1H. The quantitative estimate of drug-likeness (QED) is 0.353. The van der Waals surface area contributed by atoms with Crippen LogP contribution < -0.4 is 10.6 Å². The Hall–Kier alpha value is -0.930. The maximum absolute atomic E-state index is 6.10. The second-order valence-electron chi connectivity index (χ2n) is 5.98. The molecular weight excluding hydrogens is 486 g/mol. The normalized spacial score (nSPS) is 11.4. The number of hydrogen-bond acceptors (Lipinski definition) is 2. The third-order valence-corrected chi connectivity index (χ3v) is 5.13. The van der Waals surface area contributed by atoms with Crippen molar-refractivity contribution in [2.45, 2.75) is 33.7 Å².